The number of urea groups is 1. The molecule has 138 valence electrons. The van der Waals surface area contributed by atoms with E-state index in [1.165, 1.54) is 11.3 Å². The molecule has 3 rings (SSSR count). The van der Waals surface area contributed by atoms with Gasteiger partial charge in [-0.1, -0.05) is 25.2 Å². The largest absolute Gasteiger partial charge is 0.347 e. The number of carbonyl (C=O) groups is 2. The summed E-state index contributed by atoms with van der Waals surface area (Å²) in [4.78, 5) is 37.5. The van der Waals surface area contributed by atoms with E-state index in [1.54, 1.807) is 24.2 Å². The van der Waals surface area contributed by atoms with Crippen molar-refractivity contribution in [2.75, 3.05) is 24.5 Å². The minimum absolute atomic E-state index is 0.0313. The molecule has 0 unspecified atom stereocenters. The first-order chi connectivity index (χ1) is 12.5. The van der Waals surface area contributed by atoms with Crippen LogP contribution in [0, 0.1) is 12.8 Å². The molecular weight excluding hydrogens is 350 g/mol. The van der Waals surface area contributed by atoms with E-state index in [-0.39, 0.29) is 11.9 Å². The van der Waals surface area contributed by atoms with E-state index in [0.29, 0.717) is 41.3 Å². The number of hydrogen-bond acceptors (Lipinski definition) is 5. The number of aryl methyl sites for hydroxylation is 1. The number of pyridine rings is 1. The number of carbonyl (C=O) groups excluding carboxylic acids is 2. The molecule has 0 radical (unpaired) electrons. The Morgan fingerprint density at radius 3 is 2.73 bits per heavy atom. The second-order valence-corrected chi connectivity index (χ2v) is 7.70. The van der Waals surface area contributed by atoms with Crippen LogP contribution in [0.3, 0.4) is 0 Å². The predicted octanol–water partition coefficient (Wildman–Crippen LogP) is 2.67. The molecule has 1 saturated heterocycles. The summed E-state index contributed by atoms with van der Waals surface area (Å²) in [6.45, 7) is 8.45. The molecule has 0 aliphatic carbocycles. The Hall–Kier alpha value is -2.48. The van der Waals surface area contributed by atoms with Gasteiger partial charge in [-0.2, -0.15) is 0 Å². The van der Waals surface area contributed by atoms with Crippen molar-refractivity contribution in [2.24, 2.45) is 5.92 Å². The SMILES string of the molecule is Cc1nc(N2CCN(CC(C)C)C2=O)sc1C(=O)NCc1ccncc1. The van der Waals surface area contributed by atoms with E-state index in [2.05, 4.69) is 29.1 Å². The van der Waals surface area contributed by atoms with Crippen LogP contribution in [0.15, 0.2) is 24.5 Å². The summed E-state index contributed by atoms with van der Waals surface area (Å²) in [7, 11) is 0. The number of anilines is 1. The lowest BCUT2D eigenvalue weighted by atomic mass is 10.2. The van der Waals surface area contributed by atoms with Gasteiger partial charge in [-0.15, -0.1) is 0 Å². The molecular formula is C18H23N5O2S. The standard InChI is InChI=1S/C18H23N5O2S/c1-12(2)11-22-8-9-23(18(22)25)17-21-13(3)15(26-17)16(24)20-10-14-4-6-19-7-5-14/h4-7,12H,8-11H2,1-3H3,(H,20,24). The van der Waals surface area contributed by atoms with Crippen LogP contribution in [0.1, 0.15) is 34.8 Å². The van der Waals surface area contributed by atoms with Crippen molar-refractivity contribution in [3.8, 4) is 0 Å². The van der Waals surface area contributed by atoms with E-state index in [9.17, 15) is 9.59 Å². The summed E-state index contributed by atoms with van der Waals surface area (Å²) >= 11 is 1.27. The van der Waals surface area contributed by atoms with Crippen LogP contribution >= 0.6 is 11.3 Å². The highest BCUT2D eigenvalue weighted by molar-refractivity contribution is 7.17. The monoisotopic (exact) mass is 373 g/mol. The lowest BCUT2D eigenvalue weighted by molar-refractivity contribution is 0.0954. The van der Waals surface area contributed by atoms with Crippen LogP contribution in [0.2, 0.25) is 0 Å². The summed E-state index contributed by atoms with van der Waals surface area (Å²) in [5, 5.41) is 3.49. The second kappa shape index (κ2) is 7.82. The van der Waals surface area contributed by atoms with Gasteiger partial charge in [0.05, 0.1) is 5.69 Å². The third-order valence-electron chi connectivity index (χ3n) is 4.11. The Balaban J connectivity index is 1.67. The fraction of sp³-hybridized carbons (Fsp3) is 0.444. The van der Waals surface area contributed by atoms with Gasteiger partial charge in [0.25, 0.3) is 5.91 Å². The molecule has 0 atom stereocenters. The van der Waals surface area contributed by atoms with Crippen LogP contribution in [-0.2, 0) is 6.54 Å². The molecule has 0 saturated carbocycles. The van der Waals surface area contributed by atoms with Gasteiger partial charge in [-0.05, 0) is 30.5 Å². The highest BCUT2D eigenvalue weighted by Crippen LogP contribution is 2.29. The maximum absolute atomic E-state index is 12.6. The molecule has 0 spiro atoms. The third-order valence-corrected chi connectivity index (χ3v) is 5.28. The fourth-order valence-corrected chi connectivity index (χ4v) is 3.84. The lowest BCUT2D eigenvalue weighted by Crippen LogP contribution is -2.34. The lowest BCUT2D eigenvalue weighted by Gasteiger charge is -2.18. The van der Waals surface area contributed by atoms with Crippen LogP contribution in [-0.4, -0.2) is 46.4 Å². The molecule has 26 heavy (non-hydrogen) atoms. The van der Waals surface area contributed by atoms with Crippen molar-refractivity contribution in [3.05, 3.63) is 40.7 Å². The molecule has 8 heteroatoms. The summed E-state index contributed by atoms with van der Waals surface area (Å²) in [5.74, 6) is 0.250. The zero-order valence-corrected chi connectivity index (χ0v) is 16.0. The topological polar surface area (TPSA) is 78.4 Å². The van der Waals surface area contributed by atoms with E-state index < -0.39 is 0 Å². The Morgan fingerprint density at radius 2 is 2.04 bits per heavy atom. The molecule has 2 aromatic heterocycles. The van der Waals surface area contributed by atoms with E-state index in [1.807, 2.05) is 17.0 Å². The molecule has 1 aliphatic heterocycles. The predicted molar refractivity (Wildman–Crippen MR) is 101 cm³/mol. The average Bonchev–Trinajstić information content (AvgIpc) is 3.16. The number of aromatic nitrogens is 2. The number of nitrogens with one attached hydrogen (secondary N) is 1. The van der Waals surface area contributed by atoms with Crippen molar-refractivity contribution in [1.82, 2.24) is 20.2 Å². The van der Waals surface area contributed by atoms with Gasteiger partial charge in [-0.3, -0.25) is 14.7 Å². The van der Waals surface area contributed by atoms with Gasteiger partial charge in [0.1, 0.15) is 4.88 Å². The number of hydrogen-bond donors (Lipinski definition) is 1. The molecule has 3 amide bonds. The van der Waals surface area contributed by atoms with Crippen molar-refractivity contribution in [1.29, 1.82) is 0 Å². The molecule has 0 aromatic carbocycles. The fourth-order valence-electron chi connectivity index (χ4n) is 2.84. The van der Waals surface area contributed by atoms with Crippen LogP contribution in [0.5, 0.6) is 0 Å². The highest BCUT2D eigenvalue weighted by atomic mass is 32.1. The minimum Gasteiger partial charge on any atom is -0.347 e. The second-order valence-electron chi connectivity index (χ2n) is 6.72. The normalized spacial score (nSPS) is 14.4. The van der Waals surface area contributed by atoms with E-state index in [0.717, 1.165) is 12.1 Å². The number of thiazole rings is 1. The molecule has 1 fully saturated rings. The summed E-state index contributed by atoms with van der Waals surface area (Å²) in [5.41, 5.74) is 1.63. The molecule has 1 N–H and O–H groups in total. The Bertz CT molecular complexity index is 790. The van der Waals surface area contributed by atoms with Crippen molar-refractivity contribution in [2.45, 2.75) is 27.3 Å². The smallest absolute Gasteiger partial charge is 0.326 e. The summed E-state index contributed by atoms with van der Waals surface area (Å²) in [6, 6.07) is 3.69. The first-order valence-corrected chi connectivity index (χ1v) is 9.48. The Labute approximate surface area is 157 Å². The van der Waals surface area contributed by atoms with Crippen LogP contribution in [0.25, 0.3) is 0 Å². The van der Waals surface area contributed by atoms with Gasteiger partial charge in [0.2, 0.25) is 0 Å². The van der Waals surface area contributed by atoms with Gasteiger partial charge < -0.3 is 10.2 Å². The quantitative estimate of drug-likeness (QED) is 0.844. The van der Waals surface area contributed by atoms with Gasteiger partial charge in [0.15, 0.2) is 5.13 Å². The van der Waals surface area contributed by atoms with Crippen LogP contribution < -0.4 is 10.2 Å². The molecule has 7 nitrogen and oxygen atoms in total. The molecule has 0 bridgehead atoms. The number of nitrogens with zero attached hydrogens (tertiary/aromatic N) is 4. The van der Waals surface area contributed by atoms with Gasteiger partial charge >= 0.3 is 6.03 Å². The van der Waals surface area contributed by atoms with Gasteiger partial charge in [0, 0.05) is 38.6 Å². The molecule has 3 heterocycles. The average molecular weight is 373 g/mol. The Kier molecular flexibility index (Phi) is 5.51. The third kappa shape index (κ3) is 4.01. The summed E-state index contributed by atoms with van der Waals surface area (Å²) < 4.78 is 0. The zero-order valence-electron chi connectivity index (χ0n) is 15.2. The molecule has 1 aliphatic rings. The van der Waals surface area contributed by atoms with Crippen LogP contribution in [0.4, 0.5) is 9.93 Å². The highest BCUT2D eigenvalue weighted by Gasteiger charge is 2.32. The summed E-state index contributed by atoms with van der Waals surface area (Å²) in [6.07, 6.45) is 3.39. The Morgan fingerprint density at radius 1 is 1.31 bits per heavy atom. The first-order valence-electron chi connectivity index (χ1n) is 8.66. The number of rotatable bonds is 6. The van der Waals surface area contributed by atoms with Crippen molar-refractivity contribution >= 4 is 28.4 Å². The zero-order chi connectivity index (χ0) is 18.7. The van der Waals surface area contributed by atoms with E-state index >= 15 is 0 Å². The number of amides is 3. The maximum Gasteiger partial charge on any atom is 0.326 e. The van der Waals surface area contributed by atoms with E-state index in [4.69, 9.17) is 0 Å². The van der Waals surface area contributed by atoms with Crippen molar-refractivity contribution in [3.63, 3.8) is 0 Å². The van der Waals surface area contributed by atoms with Crippen molar-refractivity contribution < 1.29 is 9.59 Å². The molecule has 2 aromatic rings. The first kappa shape index (κ1) is 18.3. The van der Waals surface area contributed by atoms with Gasteiger partial charge in [-0.25, -0.2) is 9.78 Å². The maximum atomic E-state index is 12.6. The minimum atomic E-state index is -0.172.